The number of carbonyl (C=O) groups is 1. The Bertz CT molecular complexity index is 421. The van der Waals surface area contributed by atoms with E-state index in [9.17, 15) is 4.79 Å². The Morgan fingerprint density at radius 3 is 3.11 bits per heavy atom. The van der Waals surface area contributed by atoms with Gasteiger partial charge in [-0.15, -0.1) is 11.3 Å². The lowest BCUT2D eigenvalue weighted by Crippen LogP contribution is -2.48. The highest BCUT2D eigenvalue weighted by molar-refractivity contribution is 8.00. The van der Waals surface area contributed by atoms with E-state index in [4.69, 9.17) is 5.73 Å². The largest absolute Gasteiger partial charge is 0.333 e. The van der Waals surface area contributed by atoms with Crippen LogP contribution >= 0.6 is 23.1 Å². The number of carbonyl (C=O) groups excluding carboxylic acids is 1. The normalized spacial score (nSPS) is 24.3. The average molecular weight is 285 g/mol. The van der Waals surface area contributed by atoms with Gasteiger partial charge in [-0.1, -0.05) is 6.92 Å². The standard InChI is InChI=1S/C12H19N3OS2/c1-8-9(2)17-6-5-15(8)12(16)10-7-18-11(14-10)3-4-13/h7-9H,3-6,13H2,1-2H3. The molecule has 0 spiro atoms. The highest BCUT2D eigenvalue weighted by atomic mass is 32.2. The van der Waals surface area contributed by atoms with Gasteiger partial charge in [0.05, 0.1) is 5.01 Å². The summed E-state index contributed by atoms with van der Waals surface area (Å²) >= 11 is 3.45. The molecule has 18 heavy (non-hydrogen) atoms. The smallest absolute Gasteiger partial charge is 0.273 e. The lowest BCUT2D eigenvalue weighted by Gasteiger charge is -2.37. The van der Waals surface area contributed by atoms with Crippen molar-refractivity contribution in [1.82, 2.24) is 9.88 Å². The maximum Gasteiger partial charge on any atom is 0.273 e. The second kappa shape index (κ2) is 6.04. The molecule has 1 aromatic heterocycles. The van der Waals surface area contributed by atoms with Crippen LogP contribution < -0.4 is 5.73 Å². The van der Waals surface area contributed by atoms with Crippen molar-refractivity contribution in [2.24, 2.45) is 5.73 Å². The Labute approximate surface area is 116 Å². The number of hydrogen-bond acceptors (Lipinski definition) is 5. The maximum absolute atomic E-state index is 12.4. The van der Waals surface area contributed by atoms with Crippen molar-refractivity contribution in [1.29, 1.82) is 0 Å². The van der Waals surface area contributed by atoms with E-state index in [0.717, 1.165) is 23.7 Å². The van der Waals surface area contributed by atoms with Gasteiger partial charge in [0.25, 0.3) is 5.91 Å². The van der Waals surface area contributed by atoms with Crippen molar-refractivity contribution < 1.29 is 4.79 Å². The fourth-order valence-electron chi connectivity index (χ4n) is 2.01. The number of nitrogens with two attached hydrogens (primary N) is 1. The molecule has 6 heteroatoms. The summed E-state index contributed by atoms with van der Waals surface area (Å²) in [6, 6.07) is 0.274. The van der Waals surface area contributed by atoms with Crippen LogP contribution in [0.2, 0.25) is 0 Å². The average Bonchev–Trinajstić information content (AvgIpc) is 2.81. The van der Waals surface area contributed by atoms with Crippen molar-refractivity contribution in [3.8, 4) is 0 Å². The van der Waals surface area contributed by atoms with Crippen LogP contribution in [0.4, 0.5) is 0 Å². The first-order chi connectivity index (χ1) is 8.63. The van der Waals surface area contributed by atoms with E-state index in [-0.39, 0.29) is 11.9 Å². The SMILES string of the molecule is CC1SCCN(C(=O)c2csc(CCN)n2)C1C. The van der Waals surface area contributed by atoms with E-state index in [1.807, 2.05) is 22.0 Å². The molecule has 2 atom stereocenters. The van der Waals surface area contributed by atoms with Crippen molar-refractivity contribution in [3.63, 3.8) is 0 Å². The molecule has 0 aromatic carbocycles. The zero-order valence-electron chi connectivity index (χ0n) is 10.8. The fraction of sp³-hybridized carbons (Fsp3) is 0.667. The van der Waals surface area contributed by atoms with Crippen LogP contribution in [0.5, 0.6) is 0 Å². The predicted octanol–water partition coefficient (Wildman–Crippen LogP) is 1.61. The minimum atomic E-state index is 0.0640. The van der Waals surface area contributed by atoms with E-state index in [1.165, 1.54) is 11.3 Å². The van der Waals surface area contributed by atoms with Gasteiger partial charge in [-0.3, -0.25) is 4.79 Å². The molecule has 1 aromatic rings. The Morgan fingerprint density at radius 1 is 1.61 bits per heavy atom. The van der Waals surface area contributed by atoms with Gasteiger partial charge in [-0.05, 0) is 13.5 Å². The Morgan fingerprint density at radius 2 is 2.39 bits per heavy atom. The molecule has 0 saturated carbocycles. The Balaban J connectivity index is 2.09. The molecule has 0 aliphatic carbocycles. The van der Waals surface area contributed by atoms with Gasteiger partial charge in [-0.25, -0.2) is 4.98 Å². The third kappa shape index (κ3) is 2.87. The monoisotopic (exact) mass is 285 g/mol. The molecule has 0 radical (unpaired) electrons. The minimum absolute atomic E-state index is 0.0640. The van der Waals surface area contributed by atoms with Crippen LogP contribution in [-0.4, -0.2) is 45.9 Å². The van der Waals surface area contributed by atoms with Crippen molar-refractivity contribution >= 4 is 29.0 Å². The third-order valence-corrected chi connectivity index (χ3v) is 5.52. The van der Waals surface area contributed by atoms with E-state index in [2.05, 4.69) is 18.8 Å². The highest BCUT2D eigenvalue weighted by Gasteiger charge is 2.30. The van der Waals surface area contributed by atoms with Crippen LogP contribution in [0.1, 0.15) is 29.3 Å². The molecule has 100 valence electrons. The van der Waals surface area contributed by atoms with E-state index >= 15 is 0 Å². The molecular weight excluding hydrogens is 266 g/mol. The third-order valence-electron chi connectivity index (χ3n) is 3.27. The lowest BCUT2D eigenvalue weighted by atomic mass is 10.2. The number of nitrogens with zero attached hydrogens (tertiary/aromatic N) is 2. The van der Waals surface area contributed by atoms with Crippen molar-refractivity contribution in [2.75, 3.05) is 18.8 Å². The summed E-state index contributed by atoms with van der Waals surface area (Å²) in [5, 5.41) is 3.30. The quantitative estimate of drug-likeness (QED) is 0.916. The summed E-state index contributed by atoms with van der Waals surface area (Å²) in [7, 11) is 0. The first-order valence-electron chi connectivity index (χ1n) is 6.20. The predicted molar refractivity (Wildman–Crippen MR) is 77.3 cm³/mol. The first kappa shape index (κ1) is 13.8. The van der Waals surface area contributed by atoms with E-state index in [1.54, 1.807) is 0 Å². The van der Waals surface area contributed by atoms with Crippen LogP contribution in [0.3, 0.4) is 0 Å². The van der Waals surface area contributed by atoms with Crippen molar-refractivity contribution in [3.05, 3.63) is 16.1 Å². The number of amides is 1. The molecule has 1 fully saturated rings. The summed E-state index contributed by atoms with van der Waals surface area (Å²) in [4.78, 5) is 18.7. The molecule has 4 nitrogen and oxygen atoms in total. The molecule has 2 heterocycles. The van der Waals surface area contributed by atoms with Gasteiger partial charge < -0.3 is 10.6 Å². The molecule has 0 bridgehead atoms. The Kier molecular flexibility index (Phi) is 4.64. The molecule has 2 N–H and O–H groups in total. The van der Waals surface area contributed by atoms with Gasteiger partial charge in [0.1, 0.15) is 5.69 Å². The van der Waals surface area contributed by atoms with Crippen LogP contribution in [0, 0.1) is 0 Å². The second-order valence-electron chi connectivity index (χ2n) is 4.48. The summed E-state index contributed by atoms with van der Waals surface area (Å²) in [6.45, 7) is 5.69. The highest BCUT2D eigenvalue weighted by Crippen LogP contribution is 2.25. The summed E-state index contributed by atoms with van der Waals surface area (Å²) in [6.07, 6.45) is 0.750. The Hall–Kier alpha value is -0.590. The number of rotatable bonds is 3. The molecule has 1 saturated heterocycles. The molecule has 2 rings (SSSR count). The van der Waals surface area contributed by atoms with Gasteiger partial charge in [0.15, 0.2) is 0 Å². The maximum atomic E-state index is 12.4. The minimum Gasteiger partial charge on any atom is -0.333 e. The zero-order chi connectivity index (χ0) is 13.1. The number of hydrogen-bond donors (Lipinski definition) is 1. The molecule has 1 aliphatic rings. The zero-order valence-corrected chi connectivity index (χ0v) is 12.4. The lowest BCUT2D eigenvalue weighted by molar-refractivity contribution is 0.0693. The number of aromatic nitrogens is 1. The van der Waals surface area contributed by atoms with E-state index < -0.39 is 0 Å². The molecule has 1 amide bonds. The second-order valence-corrected chi connectivity index (χ2v) is 6.91. The van der Waals surface area contributed by atoms with Crippen LogP contribution in [0.25, 0.3) is 0 Å². The summed E-state index contributed by atoms with van der Waals surface area (Å²) in [5.74, 6) is 1.08. The first-order valence-corrected chi connectivity index (χ1v) is 8.13. The molecule has 2 unspecified atom stereocenters. The number of thioether (sulfide) groups is 1. The molecule has 1 aliphatic heterocycles. The van der Waals surface area contributed by atoms with Crippen LogP contribution in [0.15, 0.2) is 5.38 Å². The number of thiazole rings is 1. The van der Waals surface area contributed by atoms with Gasteiger partial charge >= 0.3 is 0 Å². The summed E-state index contributed by atoms with van der Waals surface area (Å²) < 4.78 is 0. The van der Waals surface area contributed by atoms with Gasteiger partial charge in [0, 0.05) is 35.4 Å². The van der Waals surface area contributed by atoms with Gasteiger partial charge in [0.2, 0.25) is 0 Å². The van der Waals surface area contributed by atoms with Gasteiger partial charge in [-0.2, -0.15) is 11.8 Å². The van der Waals surface area contributed by atoms with Crippen molar-refractivity contribution in [2.45, 2.75) is 31.6 Å². The summed E-state index contributed by atoms with van der Waals surface area (Å²) in [5.41, 5.74) is 6.08. The van der Waals surface area contributed by atoms with E-state index in [0.29, 0.717) is 17.5 Å². The topological polar surface area (TPSA) is 59.2 Å². The van der Waals surface area contributed by atoms with Crippen LogP contribution in [-0.2, 0) is 6.42 Å². The molecular formula is C12H19N3OS2. The fourth-order valence-corrected chi connectivity index (χ4v) is 3.90.